The van der Waals surface area contributed by atoms with Gasteiger partial charge in [-0.1, -0.05) is 18.2 Å². The number of hydrogen-bond donors (Lipinski definition) is 0. The van der Waals surface area contributed by atoms with Crippen molar-refractivity contribution >= 4 is 22.8 Å². The second-order valence-corrected chi connectivity index (χ2v) is 7.51. The predicted molar refractivity (Wildman–Crippen MR) is 126 cm³/mol. The second-order valence-electron chi connectivity index (χ2n) is 7.51. The standard InChI is InChI=1S/C26H24N2O6/c1-31-18-11-17(12-19(13-18)32-2)15-28(16-25(29)33-3)26(30)21-14-23(24-9-6-10-34-24)27-22-8-5-4-7-20(21)22/h4-14H,15-16H2,1-3H3. The fraction of sp³-hybridized carbons (Fsp3) is 0.192. The molecule has 0 fully saturated rings. The van der Waals surface area contributed by atoms with Crippen molar-refractivity contribution in [2.24, 2.45) is 0 Å². The molecule has 2 aromatic heterocycles. The molecule has 0 radical (unpaired) electrons. The largest absolute Gasteiger partial charge is 0.497 e. The topological polar surface area (TPSA) is 91.1 Å². The van der Waals surface area contributed by atoms with Gasteiger partial charge in [-0.05, 0) is 42.0 Å². The number of carbonyl (C=O) groups excluding carboxylic acids is 2. The fourth-order valence-electron chi connectivity index (χ4n) is 3.67. The van der Waals surface area contributed by atoms with Crippen LogP contribution in [0.4, 0.5) is 0 Å². The van der Waals surface area contributed by atoms with Crippen LogP contribution in [0.3, 0.4) is 0 Å². The molecule has 0 saturated heterocycles. The minimum atomic E-state index is -0.534. The van der Waals surface area contributed by atoms with Gasteiger partial charge < -0.3 is 23.5 Å². The molecule has 2 heterocycles. The van der Waals surface area contributed by atoms with Gasteiger partial charge in [0.25, 0.3) is 5.91 Å². The van der Waals surface area contributed by atoms with Crippen molar-refractivity contribution in [3.05, 3.63) is 78.1 Å². The van der Waals surface area contributed by atoms with E-state index in [1.807, 2.05) is 24.3 Å². The van der Waals surface area contributed by atoms with E-state index in [0.717, 1.165) is 5.56 Å². The molecule has 2 aromatic carbocycles. The number of ether oxygens (including phenoxy) is 3. The first kappa shape index (κ1) is 22.8. The Balaban J connectivity index is 1.78. The molecule has 34 heavy (non-hydrogen) atoms. The maximum Gasteiger partial charge on any atom is 0.325 e. The van der Waals surface area contributed by atoms with E-state index < -0.39 is 5.97 Å². The molecule has 1 amide bonds. The van der Waals surface area contributed by atoms with Crippen LogP contribution in [-0.4, -0.2) is 49.6 Å². The molecular weight excluding hydrogens is 436 g/mol. The van der Waals surface area contributed by atoms with Crippen molar-refractivity contribution in [1.82, 2.24) is 9.88 Å². The van der Waals surface area contributed by atoms with Crippen LogP contribution < -0.4 is 9.47 Å². The third-order valence-electron chi connectivity index (χ3n) is 5.34. The summed E-state index contributed by atoms with van der Waals surface area (Å²) < 4.78 is 21.1. The lowest BCUT2D eigenvalue weighted by atomic mass is 10.0. The first-order chi connectivity index (χ1) is 16.5. The average molecular weight is 460 g/mol. The summed E-state index contributed by atoms with van der Waals surface area (Å²) >= 11 is 0. The highest BCUT2D eigenvalue weighted by Crippen LogP contribution is 2.28. The number of benzene rings is 2. The number of hydrogen-bond acceptors (Lipinski definition) is 7. The van der Waals surface area contributed by atoms with Gasteiger partial charge in [0.1, 0.15) is 23.7 Å². The smallest absolute Gasteiger partial charge is 0.325 e. The summed E-state index contributed by atoms with van der Waals surface area (Å²) in [6, 6.07) is 17.9. The number of rotatable bonds is 8. The van der Waals surface area contributed by atoms with Crippen molar-refractivity contribution in [3.63, 3.8) is 0 Å². The molecule has 0 unspecified atom stereocenters. The highest BCUT2D eigenvalue weighted by molar-refractivity contribution is 6.07. The quantitative estimate of drug-likeness (QED) is 0.362. The van der Waals surface area contributed by atoms with Crippen LogP contribution in [0.25, 0.3) is 22.4 Å². The molecule has 0 bridgehead atoms. The van der Waals surface area contributed by atoms with Crippen LogP contribution in [0.15, 0.2) is 71.3 Å². The Morgan fingerprint density at radius 1 is 0.941 bits per heavy atom. The van der Waals surface area contributed by atoms with E-state index in [4.69, 9.17) is 18.6 Å². The number of nitrogens with zero attached hydrogens (tertiary/aromatic N) is 2. The fourth-order valence-corrected chi connectivity index (χ4v) is 3.67. The van der Waals surface area contributed by atoms with Gasteiger partial charge in [-0.25, -0.2) is 4.98 Å². The van der Waals surface area contributed by atoms with Crippen LogP contribution >= 0.6 is 0 Å². The number of methoxy groups -OCH3 is 3. The van der Waals surface area contributed by atoms with E-state index in [2.05, 4.69) is 4.98 Å². The minimum Gasteiger partial charge on any atom is -0.497 e. The number of carbonyl (C=O) groups is 2. The van der Waals surface area contributed by atoms with E-state index in [-0.39, 0.29) is 19.0 Å². The van der Waals surface area contributed by atoms with Crippen molar-refractivity contribution in [1.29, 1.82) is 0 Å². The number of furan rings is 1. The molecular formula is C26H24N2O6. The third-order valence-corrected chi connectivity index (χ3v) is 5.34. The lowest BCUT2D eigenvalue weighted by Gasteiger charge is -2.23. The zero-order valence-electron chi connectivity index (χ0n) is 19.1. The zero-order chi connectivity index (χ0) is 24.1. The SMILES string of the molecule is COC(=O)CN(Cc1cc(OC)cc(OC)c1)C(=O)c1cc(-c2ccco2)nc2ccccc12. The molecule has 0 spiro atoms. The van der Waals surface area contributed by atoms with E-state index in [1.165, 1.54) is 12.0 Å². The van der Waals surface area contributed by atoms with Crippen LogP contribution in [0, 0.1) is 0 Å². The molecule has 0 saturated carbocycles. The Morgan fingerprint density at radius 3 is 2.32 bits per heavy atom. The summed E-state index contributed by atoms with van der Waals surface area (Å²) in [5.41, 5.74) is 2.29. The normalized spacial score (nSPS) is 10.7. The van der Waals surface area contributed by atoms with Gasteiger partial charge in [0.15, 0.2) is 5.76 Å². The van der Waals surface area contributed by atoms with Crippen molar-refractivity contribution < 1.29 is 28.2 Å². The molecule has 8 nitrogen and oxygen atoms in total. The summed E-state index contributed by atoms with van der Waals surface area (Å²) in [5.74, 6) is 0.812. The van der Waals surface area contributed by atoms with Gasteiger partial charge in [0, 0.05) is 18.0 Å². The number of amides is 1. The van der Waals surface area contributed by atoms with Crippen molar-refractivity contribution in [2.75, 3.05) is 27.9 Å². The number of para-hydroxylation sites is 1. The summed E-state index contributed by atoms with van der Waals surface area (Å²) in [4.78, 5) is 32.1. The Hall–Kier alpha value is -4.33. The third kappa shape index (κ3) is 4.85. The molecule has 0 aliphatic rings. The van der Waals surface area contributed by atoms with Gasteiger partial charge in [-0.15, -0.1) is 0 Å². The molecule has 4 rings (SSSR count). The molecule has 174 valence electrons. The van der Waals surface area contributed by atoms with Crippen molar-refractivity contribution in [3.8, 4) is 23.0 Å². The van der Waals surface area contributed by atoms with Crippen LogP contribution in [0.2, 0.25) is 0 Å². The number of fused-ring (bicyclic) bond motifs is 1. The monoisotopic (exact) mass is 460 g/mol. The van der Waals surface area contributed by atoms with Gasteiger partial charge >= 0.3 is 5.97 Å². The van der Waals surface area contributed by atoms with E-state index in [9.17, 15) is 9.59 Å². The maximum atomic E-state index is 13.8. The Morgan fingerprint density at radius 2 is 1.68 bits per heavy atom. The Bertz CT molecular complexity index is 1290. The summed E-state index contributed by atoms with van der Waals surface area (Å²) in [6.45, 7) is -0.101. The highest BCUT2D eigenvalue weighted by Gasteiger charge is 2.24. The maximum absolute atomic E-state index is 13.8. The van der Waals surface area contributed by atoms with E-state index in [1.54, 1.807) is 56.9 Å². The highest BCUT2D eigenvalue weighted by atomic mass is 16.5. The Kier molecular flexibility index (Phi) is 6.77. The molecule has 0 N–H and O–H groups in total. The molecule has 8 heteroatoms. The number of aromatic nitrogens is 1. The number of pyridine rings is 1. The average Bonchev–Trinajstić information content (AvgIpc) is 3.42. The van der Waals surface area contributed by atoms with Gasteiger partial charge in [0.2, 0.25) is 0 Å². The lowest BCUT2D eigenvalue weighted by Crippen LogP contribution is -2.36. The minimum absolute atomic E-state index is 0.133. The van der Waals surface area contributed by atoms with Gasteiger partial charge in [-0.2, -0.15) is 0 Å². The molecule has 0 aliphatic heterocycles. The predicted octanol–water partition coefficient (Wildman–Crippen LogP) is 4.33. The summed E-state index contributed by atoms with van der Waals surface area (Å²) in [5, 5.41) is 0.667. The first-order valence-electron chi connectivity index (χ1n) is 10.5. The lowest BCUT2D eigenvalue weighted by molar-refractivity contribution is -0.141. The van der Waals surface area contributed by atoms with Crippen molar-refractivity contribution in [2.45, 2.75) is 6.54 Å². The molecule has 4 aromatic rings. The van der Waals surface area contributed by atoms with Gasteiger partial charge in [0.05, 0.1) is 38.7 Å². The van der Waals surface area contributed by atoms with E-state index in [0.29, 0.717) is 39.4 Å². The summed E-state index contributed by atoms with van der Waals surface area (Å²) in [6.07, 6.45) is 1.55. The van der Waals surface area contributed by atoms with E-state index >= 15 is 0 Å². The zero-order valence-corrected chi connectivity index (χ0v) is 19.1. The van der Waals surface area contributed by atoms with Crippen LogP contribution in [0.1, 0.15) is 15.9 Å². The second kappa shape index (κ2) is 10.1. The molecule has 0 atom stereocenters. The summed E-state index contributed by atoms with van der Waals surface area (Å²) in [7, 11) is 4.39. The first-order valence-corrected chi connectivity index (χ1v) is 10.5. The molecule has 0 aliphatic carbocycles. The van der Waals surface area contributed by atoms with Crippen LogP contribution in [-0.2, 0) is 16.1 Å². The van der Waals surface area contributed by atoms with Gasteiger partial charge in [-0.3, -0.25) is 9.59 Å². The Labute approximate surface area is 196 Å². The van der Waals surface area contributed by atoms with Crippen LogP contribution in [0.5, 0.6) is 11.5 Å². The number of esters is 1.